The topological polar surface area (TPSA) is 77.2 Å². The average Bonchev–Trinajstić information content (AvgIpc) is 2.77. The Bertz CT molecular complexity index is 645. The van der Waals surface area contributed by atoms with Gasteiger partial charge in [0.2, 0.25) is 0 Å². The van der Waals surface area contributed by atoms with Gasteiger partial charge in [-0.25, -0.2) is 0 Å². The monoisotopic (exact) mass is 357 g/mol. The molecule has 0 aliphatic carbocycles. The predicted molar refractivity (Wildman–Crippen MR) is 79.1 cm³/mol. The molecule has 1 aromatic heterocycles. The van der Waals surface area contributed by atoms with E-state index in [1.54, 1.807) is 18.7 Å². The minimum Gasteiger partial charge on any atom is -0.496 e. The first-order valence-corrected chi connectivity index (χ1v) is 7.38. The molecule has 2 aromatic rings. The number of carboxylic acid groups (broad SMARTS) is 1. The Labute approximate surface area is 128 Å². The number of thioether (sulfide) groups is 1. The van der Waals surface area contributed by atoms with E-state index in [2.05, 4.69) is 26.1 Å². The van der Waals surface area contributed by atoms with Gasteiger partial charge >= 0.3 is 5.97 Å². The molecule has 1 N–H and O–H groups in total. The van der Waals surface area contributed by atoms with E-state index in [1.165, 1.54) is 0 Å². The number of hydrogen-bond donors (Lipinski definition) is 1. The summed E-state index contributed by atoms with van der Waals surface area (Å²) in [5.41, 5.74) is 0.870. The van der Waals surface area contributed by atoms with Gasteiger partial charge in [0.05, 0.1) is 17.3 Å². The summed E-state index contributed by atoms with van der Waals surface area (Å²) in [6.45, 7) is 0. The Morgan fingerprint density at radius 2 is 2.25 bits per heavy atom. The summed E-state index contributed by atoms with van der Waals surface area (Å²) in [5, 5.41) is 17.3. The average molecular weight is 358 g/mol. The summed E-state index contributed by atoms with van der Waals surface area (Å²) in [7, 11) is 3.40. The molecule has 0 amide bonds. The zero-order chi connectivity index (χ0) is 14.7. The quantitative estimate of drug-likeness (QED) is 0.828. The second kappa shape index (κ2) is 6.27. The summed E-state index contributed by atoms with van der Waals surface area (Å²) in [6.07, 6.45) is 0. The van der Waals surface area contributed by atoms with Gasteiger partial charge in [-0.1, -0.05) is 11.8 Å². The number of aliphatic carboxylic acids is 1. The lowest BCUT2D eigenvalue weighted by Gasteiger charge is -2.06. The Morgan fingerprint density at radius 3 is 2.85 bits per heavy atom. The summed E-state index contributed by atoms with van der Waals surface area (Å²) in [5.74, 6) is 0.475. The van der Waals surface area contributed by atoms with Crippen LogP contribution in [0.25, 0.3) is 11.4 Å². The van der Waals surface area contributed by atoms with Gasteiger partial charge in [-0.05, 0) is 34.1 Å². The van der Waals surface area contributed by atoms with Crippen molar-refractivity contribution in [2.24, 2.45) is 7.05 Å². The number of ether oxygens (including phenoxy) is 1. The summed E-state index contributed by atoms with van der Waals surface area (Å²) in [4.78, 5) is 10.6. The van der Waals surface area contributed by atoms with E-state index >= 15 is 0 Å². The van der Waals surface area contributed by atoms with Crippen LogP contribution in [0.4, 0.5) is 0 Å². The van der Waals surface area contributed by atoms with Crippen molar-refractivity contribution in [2.45, 2.75) is 5.16 Å². The van der Waals surface area contributed by atoms with Gasteiger partial charge in [-0.15, -0.1) is 10.2 Å². The van der Waals surface area contributed by atoms with Crippen molar-refractivity contribution in [1.82, 2.24) is 14.8 Å². The third kappa shape index (κ3) is 3.13. The molecule has 0 unspecified atom stereocenters. The number of nitrogens with zero attached hydrogens (tertiary/aromatic N) is 3. The zero-order valence-corrected chi connectivity index (χ0v) is 13.2. The minimum atomic E-state index is -0.883. The van der Waals surface area contributed by atoms with Gasteiger partial charge in [0.15, 0.2) is 11.0 Å². The van der Waals surface area contributed by atoms with Crippen LogP contribution in [0.5, 0.6) is 5.75 Å². The van der Waals surface area contributed by atoms with Crippen LogP contribution >= 0.6 is 27.7 Å². The maximum absolute atomic E-state index is 10.6. The van der Waals surface area contributed by atoms with Crippen molar-refractivity contribution in [3.05, 3.63) is 22.7 Å². The maximum atomic E-state index is 10.6. The number of aromatic nitrogens is 3. The van der Waals surface area contributed by atoms with E-state index in [4.69, 9.17) is 9.84 Å². The maximum Gasteiger partial charge on any atom is 0.313 e. The van der Waals surface area contributed by atoms with Gasteiger partial charge in [0, 0.05) is 12.6 Å². The first kappa shape index (κ1) is 14.9. The van der Waals surface area contributed by atoms with Crippen LogP contribution in [0, 0.1) is 0 Å². The van der Waals surface area contributed by atoms with Crippen molar-refractivity contribution < 1.29 is 14.6 Å². The SMILES string of the molecule is COc1ccc(-c2nnc(SCC(=O)O)n2C)cc1Br. The molecule has 0 atom stereocenters. The van der Waals surface area contributed by atoms with E-state index in [0.717, 1.165) is 27.5 Å². The van der Waals surface area contributed by atoms with E-state index in [9.17, 15) is 4.79 Å². The van der Waals surface area contributed by atoms with E-state index in [1.807, 2.05) is 18.2 Å². The molecule has 6 nitrogen and oxygen atoms in total. The summed E-state index contributed by atoms with van der Waals surface area (Å²) < 4.78 is 7.76. The molecule has 20 heavy (non-hydrogen) atoms. The first-order valence-electron chi connectivity index (χ1n) is 5.61. The zero-order valence-electron chi connectivity index (χ0n) is 10.8. The standard InChI is InChI=1S/C12H12BrN3O3S/c1-16-11(14-15-12(16)20-6-10(17)18)7-3-4-9(19-2)8(13)5-7/h3-5H,6H2,1-2H3,(H,17,18). The molecule has 2 rings (SSSR count). The molecule has 8 heteroatoms. The van der Waals surface area contributed by atoms with Crippen LogP contribution in [-0.4, -0.2) is 38.7 Å². The predicted octanol–water partition coefficient (Wildman–Crippen LogP) is 2.43. The van der Waals surface area contributed by atoms with Crippen LogP contribution in [0.2, 0.25) is 0 Å². The van der Waals surface area contributed by atoms with Crippen LogP contribution in [-0.2, 0) is 11.8 Å². The second-order valence-electron chi connectivity index (χ2n) is 3.90. The van der Waals surface area contributed by atoms with Gasteiger partial charge < -0.3 is 14.4 Å². The number of halogens is 1. The molecule has 1 aromatic carbocycles. The lowest BCUT2D eigenvalue weighted by atomic mass is 10.2. The van der Waals surface area contributed by atoms with Gasteiger partial charge in [-0.3, -0.25) is 4.79 Å². The van der Waals surface area contributed by atoms with E-state index < -0.39 is 5.97 Å². The number of carboxylic acids is 1. The molecule has 0 aliphatic heterocycles. The highest BCUT2D eigenvalue weighted by atomic mass is 79.9. The summed E-state index contributed by atoms with van der Waals surface area (Å²) >= 11 is 4.56. The Morgan fingerprint density at radius 1 is 1.50 bits per heavy atom. The van der Waals surface area contributed by atoms with Crippen molar-refractivity contribution >= 4 is 33.7 Å². The molecular weight excluding hydrogens is 346 g/mol. The Hall–Kier alpha value is -1.54. The largest absolute Gasteiger partial charge is 0.496 e. The minimum absolute atomic E-state index is 0.0434. The van der Waals surface area contributed by atoms with E-state index in [-0.39, 0.29) is 5.75 Å². The molecule has 0 fully saturated rings. The van der Waals surface area contributed by atoms with E-state index in [0.29, 0.717) is 11.0 Å². The Balaban J connectivity index is 2.29. The number of hydrogen-bond acceptors (Lipinski definition) is 5. The number of benzene rings is 1. The fraction of sp³-hybridized carbons (Fsp3) is 0.250. The third-order valence-corrected chi connectivity index (χ3v) is 4.19. The van der Waals surface area contributed by atoms with Crippen LogP contribution in [0.3, 0.4) is 0 Å². The number of methoxy groups -OCH3 is 1. The number of rotatable bonds is 5. The highest BCUT2D eigenvalue weighted by molar-refractivity contribution is 9.10. The van der Waals surface area contributed by atoms with Crippen molar-refractivity contribution in [2.75, 3.05) is 12.9 Å². The summed E-state index contributed by atoms with van der Waals surface area (Å²) in [6, 6.07) is 5.59. The normalized spacial score (nSPS) is 10.6. The van der Waals surface area contributed by atoms with Crippen molar-refractivity contribution in [3.8, 4) is 17.1 Å². The van der Waals surface area contributed by atoms with Crippen molar-refractivity contribution in [3.63, 3.8) is 0 Å². The van der Waals surface area contributed by atoms with Crippen LogP contribution in [0.1, 0.15) is 0 Å². The number of carbonyl (C=O) groups is 1. The van der Waals surface area contributed by atoms with Gasteiger partial charge in [0.25, 0.3) is 0 Å². The molecule has 0 saturated heterocycles. The van der Waals surface area contributed by atoms with Crippen molar-refractivity contribution in [1.29, 1.82) is 0 Å². The van der Waals surface area contributed by atoms with Crippen LogP contribution < -0.4 is 4.74 Å². The highest BCUT2D eigenvalue weighted by Gasteiger charge is 2.13. The molecule has 0 radical (unpaired) electrons. The van der Waals surface area contributed by atoms with Gasteiger partial charge in [0.1, 0.15) is 5.75 Å². The molecule has 0 aliphatic rings. The molecular formula is C12H12BrN3O3S. The van der Waals surface area contributed by atoms with Crippen LogP contribution in [0.15, 0.2) is 27.8 Å². The lowest BCUT2D eigenvalue weighted by molar-refractivity contribution is -0.133. The molecule has 0 spiro atoms. The fourth-order valence-corrected chi connectivity index (χ4v) is 2.80. The molecule has 0 bridgehead atoms. The fourth-order valence-electron chi connectivity index (χ4n) is 1.62. The second-order valence-corrected chi connectivity index (χ2v) is 5.69. The highest BCUT2D eigenvalue weighted by Crippen LogP contribution is 2.30. The molecule has 0 saturated carbocycles. The Kier molecular flexibility index (Phi) is 4.66. The first-order chi connectivity index (χ1) is 9.52. The third-order valence-electron chi connectivity index (χ3n) is 2.57. The molecule has 106 valence electrons. The van der Waals surface area contributed by atoms with Gasteiger partial charge in [-0.2, -0.15) is 0 Å². The molecule has 1 heterocycles. The lowest BCUT2D eigenvalue weighted by Crippen LogP contribution is -2.01. The smallest absolute Gasteiger partial charge is 0.313 e.